The summed E-state index contributed by atoms with van der Waals surface area (Å²) in [7, 11) is 0. The van der Waals surface area contributed by atoms with Crippen molar-refractivity contribution in [3.63, 3.8) is 0 Å². The van der Waals surface area contributed by atoms with Crippen LogP contribution < -0.4 is 4.74 Å². The number of amides is 1. The van der Waals surface area contributed by atoms with Gasteiger partial charge in [-0.1, -0.05) is 0 Å². The van der Waals surface area contributed by atoms with E-state index in [2.05, 4.69) is 10.1 Å². The maximum absolute atomic E-state index is 14.2. The van der Waals surface area contributed by atoms with Gasteiger partial charge in [0.25, 0.3) is 0 Å². The van der Waals surface area contributed by atoms with Crippen molar-refractivity contribution in [1.82, 2.24) is 19.5 Å². The lowest BCUT2D eigenvalue weighted by atomic mass is 10.0. The van der Waals surface area contributed by atoms with Crippen LogP contribution in [0.25, 0.3) is 16.9 Å². The molecule has 0 spiro atoms. The number of hydrogen-bond acceptors (Lipinski definition) is 4. The fourth-order valence-corrected chi connectivity index (χ4v) is 3.67. The van der Waals surface area contributed by atoms with Crippen LogP contribution in [0.1, 0.15) is 30.8 Å². The van der Waals surface area contributed by atoms with E-state index < -0.39 is 60.4 Å². The predicted octanol–water partition coefficient (Wildman–Crippen LogP) is 5.83. The summed E-state index contributed by atoms with van der Waals surface area (Å²) in [4.78, 5) is 17.4. The number of carbonyl (C=O) groups excluding carboxylic acids is 1. The zero-order valence-electron chi connectivity index (χ0n) is 19.9. The quantitative estimate of drug-likeness (QED) is 0.312. The van der Waals surface area contributed by atoms with Gasteiger partial charge in [0, 0.05) is 24.2 Å². The molecule has 0 aliphatic heterocycles. The van der Waals surface area contributed by atoms with Crippen molar-refractivity contribution in [3.8, 4) is 17.0 Å². The van der Waals surface area contributed by atoms with Crippen molar-refractivity contribution >= 4 is 11.6 Å². The lowest BCUT2D eigenvalue weighted by molar-refractivity contribution is -0.291. The van der Waals surface area contributed by atoms with Crippen LogP contribution in [0.2, 0.25) is 0 Å². The number of hydrogen-bond donors (Lipinski definition) is 0. The molecule has 0 radical (unpaired) electrons. The lowest BCUT2D eigenvalue weighted by Gasteiger charge is -2.21. The van der Waals surface area contributed by atoms with Crippen LogP contribution in [-0.4, -0.2) is 58.0 Å². The first kappa shape index (κ1) is 29.0. The van der Waals surface area contributed by atoms with Crippen molar-refractivity contribution in [1.29, 1.82) is 0 Å². The first-order valence-corrected chi connectivity index (χ1v) is 11.2. The number of halogens is 9. The third-order valence-corrected chi connectivity index (χ3v) is 5.57. The molecule has 0 fully saturated rings. The molecule has 3 rings (SSSR count). The van der Waals surface area contributed by atoms with E-state index in [4.69, 9.17) is 4.74 Å². The fourth-order valence-electron chi connectivity index (χ4n) is 3.67. The molecule has 0 saturated heterocycles. The Kier molecular flexibility index (Phi) is 8.17. The van der Waals surface area contributed by atoms with Gasteiger partial charge in [-0.05, 0) is 44.2 Å². The molecule has 0 bridgehead atoms. The van der Waals surface area contributed by atoms with Crippen molar-refractivity contribution in [2.45, 2.75) is 38.5 Å². The topological polar surface area (TPSA) is 59.7 Å². The first-order valence-electron chi connectivity index (χ1n) is 11.2. The summed E-state index contributed by atoms with van der Waals surface area (Å²) in [6, 6.07) is 4.85. The number of carbonyl (C=O) groups is 1. The van der Waals surface area contributed by atoms with Gasteiger partial charge >= 0.3 is 18.3 Å². The number of fused-ring (bicyclic) bond motifs is 1. The van der Waals surface area contributed by atoms with Crippen molar-refractivity contribution in [2.75, 3.05) is 26.4 Å². The molecule has 15 heteroatoms. The SMILES string of the molecule is CCN(CC)C(=O)Cc1c(-c2ccc(OCCF)cc2)nn2c(C(F)(F)F)cc(C(F)(F)C(F)(F)F)nc12. The molecule has 0 unspecified atom stereocenters. The van der Waals surface area contributed by atoms with Crippen molar-refractivity contribution in [2.24, 2.45) is 0 Å². The molecule has 0 saturated carbocycles. The third-order valence-electron chi connectivity index (χ3n) is 5.57. The number of benzene rings is 1. The summed E-state index contributed by atoms with van der Waals surface area (Å²) in [5.41, 5.74) is -5.71. The van der Waals surface area contributed by atoms with Gasteiger partial charge in [0.2, 0.25) is 5.91 Å². The van der Waals surface area contributed by atoms with Crippen LogP contribution in [0.15, 0.2) is 30.3 Å². The van der Waals surface area contributed by atoms with Gasteiger partial charge in [0.15, 0.2) is 11.3 Å². The summed E-state index contributed by atoms with van der Waals surface area (Å²) in [5, 5.41) is 3.83. The minimum absolute atomic E-state index is 0.0858. The molecule has 0 N–H and O–H groups in total. The average Bonchev–Trinajstić information content (AvgIpc) is 3.20. The summed E-state index contributed by atoms with van der Waals surface area (Å²) in [6.45, 7) is 2.58. The van der Waals surface area contributed by atoms with Crippen LogP contribution >= 0.6 is 0 Å². The van der Waals surface area contributed by atoms with E-state index >= 15 is 0 Å². The summed E-state index contributed by atoms with van der Waals surface area (Å²) in [5.74, 6) is -6.18. The fraction of sp³-hybridized carbons (Fsp3) is 0.435. The van der Waals surface area contributed by atoms with Gasteiger partial charge in [0.05, 0.1) is 12.1 Å². The van der Waals surface area contributed by atoms with E-state index in [1.807, 2.05) is 0 Å². The molecular weight excluding hydrogens is 535 g/mol. The van der Waals surface area contributed by atoms with E-state index in [9.17, 15) is 44.3 Å². The van der Waals surface area contributed by atoms with Crippen LogP contribution in [0, 0.1) is 0 Å². The highest BCUT2D eigenvalue weighted by molar-refractivity contribution is 5.84. The zero-order valence-corrected chi connectivity index (χ0v) is 19.9. The van der Waals surface area contributed by atoms with E-state index in [0.717, 1.165) is 0 Å². The number of rotatable bonds is 9. The molecule has 1 aromatic carbocycles. The Morgan fingerprint density at radius 2 is 1.61 bits per heavy atom. The monoisotopic (exact) mass is 556 g/mol. The molecule has 0 atom stereocenters. The Bertz CT molecular complexity index is 1280. The second-order valence-electron chi connectivity index (χ2n) is 7.96. The second-order valence-corrected chi connectivity index (χ2v) is 7.96. The van der Waals surface area contributed by atoms with E-state index in [1.165, 1.54) is 29.2 Å². The standard InChI is InChI=1S/C23H21F9N4O2/c1-3-35(4-2)18(37)11-15-19(13-5-7-14(8-6-13)38-10-9-24)34-36-17(22(27,28)29)12-16(33-20(15)36)21(25,26)23(30,31)32/h5-8,12H,3-4,9-11H2,1-2H3. The van der Waals surface area contributed by atoms with Gasteiger partial charge in [-0.25, -0.2) is 13.9 Å². The Balaban J connectivity index is 2.34. The Hall–Kier alpha value is -3.52. The number of ether oxygens (including phenoxy) is 1. The lowest BCUT2D eigenvalue weighted by Crippen LogP contribution is -2.35. The van der Waals surface area contributed by atoms with Gasteiger partial charge in [0.1, 0.15) is 24.7 Å². The van der Waals surface area contributed by atoms with Gasteiger partial charge in [-0.15, -0.1) is 0 Å². The first-order chi connectivity index (χ1) is 17.6. The number of alkyl halides is 9. The highest BCUT2D eigenvalue weighted by Gasteiger charge is 2.60. The van der Waals surface area contributed by atoms with E-state index in [0.29, 0.717) is 0 Å². The predicted molar refractivity (Wildman–Crippen MR) is 116 cm³/mol. The van der Waals surface area contributed by atoms with Crippen molar-refractivity contribution < 1.29 is 49.0 Å². The van der Waals surface area contributed by atoms with Gasteiger partial charge in [-0.2, -0.15) is 40.2 Å². The molecule has 2 heterocycles. The molecule has 6 nitrogen and oxygen atoms in total. The minimum atomic E-state index is -6.24. The Labute approximate surface area is 210 Å². The van der Waals surface area contributed by atoms with E-state index in [-0.39, 0.29) is 46.8 Å². The molecule has 0 aliphatic rings. The van der Waals surface area contributed by atoms with Gasteiger partial charge < -0.3 is 9.64 Å². The van der Waals surface area contributed by atoms with Crippen LogP contribution in [0.4, 0.5) is 39.5 Å². The molecule has 0 aliphatic carbocycles. The summed E-state index contributed by atoms with van der Waals surface area (Å²) < 4.78 is 127. The Morgan fingerprint density at radius 1 is 1.00 bits per heavy atom. The largest absolute Gasteiger partial charge is 0.491 e. The number of aromatic nitrogens is 3. The molecule has 38 heavy (non-hydrogen) atoms. The molecule has 208 valence electrons. The van der Waals surface area contributed by atoms with Gasteiger partial charge in [-0.3, -0.25) is 4.79 Å². The second kappa shape index (κ2) is 10.7. The number of likely N-dealkylation sites (N-methyl/N-ethyl adjacent to an activating group) is 1. The van der Waals surface area contributed by atoms with Crippen LogP contribution in [0.5, 0.6) is 5.75 Å². The molecular formula is C23H21F9N4O2. The highest BCUT2D eigenvalue weighted by Crippen LogP contribution is 2.45. The molecule has 3 aromatic rings. The molecule has 1 amide bonds. The summed E-state index contributed by atoms with van der Waals surface area (Å²) in [6.07, 6.45) is -12.3. The maximum Gasteiger partial charge on any atom is 0.459 e. The van der Waals surface area contributed by atoms with Crippen LogP contribution in [-0.2, 0) is 23.3 Å². The normalized spacial score (nSPS) is 12.7. The highest BCUT2D eigenvalue weighted by atomic mass is 19.4. The smallest absolute Gasteiger partial charge is 0.459 e. The maximum atomic E-state index is 14.2. The van der Waals surface area contributed by atoms with E-state index in [1.54, 1.807) is 13.8 Å². The molecule has 2 aromatic heterocycles. The zero-order chi connectivity index (χ0) is 28.5. The third kappa shape index (κ3) is 5.65. The van der Waals surface area contributed by atoms with Crippen molar-refractivity contribution in [3.05, 3.63) is 47.3 Å². The average molecular weight is 556 g/mol. The Morgan fingerprint density at radius 3 is 2.11 bits per heavy atom. The minimum Gasteiger partial charge on any atom is -0.491 e. The number of nitrogens with zero attached hydrogens (tertiary/aromatic N) is 4. The van der Waals surface area contributed by atoms with Crippen LogP contribution in [0.3, 0.4) is 0 Å². The summed E-state index contributed by atoms with van der Waals surface area (Å²) >= 11 is 0.